The zero-order valence-electron chi connectivity index (χ0n) is 16.5. The summed E-state index contributed by atoms with van der Waals surface area (Å²) in [7, 11) is 0. The van der Waals surface area contributed by atoms with Crippen LogP contribution >= 0.6 is 23.4 Å². The summed E-state index contributed by atoms with van der Waals surface area (Å²) >= 11 is 7.50. The molecule has 5 nitrogen and oxygen atoms in total. The Kier molecular flexibility index (Phi) is 8.32. The van der Waals surface area contributed by atoms with Crippen LogP contribution < -0.4 is 16.0 Å². The normalized spacial score (nSPS) is 10.4. The van der Waals surface area contributed by atoms with Gasteiger partial charge in [-0.05, 0) is 48.0 Å². The van der Waals surface area contributed by atoms with Crippen molar-refractivity contribution in [1.29, 1.82) is 0 Å². The van der Waals surface area contributed by atoms with E-state index in [0.29, 0.717) is 22.9 Å². The highest BCUT2D eigenvalue weighted by Crippen LogP contribution is 2.26. The van der Waals surface area contributed by atoms with Crippen molar-refractivity contribution in [2.75, 3.05) is 27.5 Å². The lowest BCUT2D eigenvalue weighted by Crippen LogP contribution is -2.18. The van der Waals surface area contributed by atoms with Crippen LogP contribution in [0.25, 0.3) is 0 Å². The van der Waals surface area contributed by atoms with Gasteiger partial charge in [-0.3, -0.25) is 9.59 Å². The van der Waals surface area contributed by atoms with Crippen LogP contribution in [0.3, 0.4) is 0 Å². The third-order valence-electron chi connectivity index (χ3n) is 4.17. The number of thioether (sulfide) groups is 1. The molecule has 2 amide bonds. The lowest BCUT2D eigenvalue weighted by Gasteiger charge is -2.11. The minimum absolute atomic E-state index is 0.105. The van der Waals surface area contributed by atoms with Crippen molar-refractivity contribution < 1.29 is 14.0 Å². The molecule has 3 rings (SSSR count). The van der Waals surface area contributed by atoms with Crippen molar-refractivity contribution in [3.63, 3.8) is 0 Å². The molecule has 0 aliphatic rings. The number of nitrogens with one attached hydrogen (secondary N) is 3. The third-order valence-corrected chi connectivity index (χ3v) is 5.42. The number of halogens is 2. The Bertz CT molecular complexity index is 1030. The first-order valence-corrected chi connectivity index (χ1v) is 11.0. The van der Waals surface area contributed by atoms with Gasteiger partial charge in [0.25, 0.3) is 0 Å². The lowest BCUT2D eigenvalue weighted by atomic mass is 10.2. The fraction of sp³-hybridized carbons (Fsp3) is 0.130. The van der Waals surface area contributed by atoms with Crippen LogP contribution in [-0.4, -0.2) is 23.3 Å². The highest BCUT2D eigenvalue weighted by atomic mass is 35.5. The van der Waals surface area contributed by atoms with Crippen molar-refractivity contribution in [2.24, 2.45) is 0 Å². The third kappa shape index (κ3) is 7.62. The van der Waals surface area contributed by atoms with Crippen molar-refractivity contribution in [3.05, 3.63) is 89.2 Å². The highest BCUT2D eigenvalue weighted by molar-refractivity contribution is 8.00. The number of hydrogen-bond donors (Lipinski definition) is 3. The number of carbonyl (C=O) groups excluding carboxylic acids is 2. The van der Waals surface area contributed by atoms with E-state index in [2.05, 4.69) is 16.0 Å². The van der Waals surface area contributed by atoms with Crippen molar-refractivity contribution >= 4 is 52.2 Å². The summed E-state index contributed by atoms with van der Waals surface area (Å²) in [5.74, 6) is -0.651. The number of rotatable bonds is 9. The molecule has 3 N–H and O–H groups in total. The summed E-state index contributed by atoms with van der Waals surface area (Å²) in [5.41, 5.74) is 3.00. The summed E-state index contributed by atoms with van der Waals surface area (Å²) in [5, 5.41) is 9.18. The minimum Gasteiger partial charge on any atom is -0.380 e. The SMILES string of the molecule is O=C(CSCC(=O)Nc1ccc(NCc2ccccc2)c(Cl)c1)Nc1ccc(F)cc1. The Morgan fingerprint density at radius 1 is 0.839 bits per heavy atom. The summed E-state index contributed by atoms with van der Waals surface area (Å²) in [4.78, 5) is 24.0. The molecular weight excluding hydrogens is 437 g/mol. The van der Waals surface area contributed by atoms with Crippen molar-refractivity contribution in [3.8, 4) is 0 Å². The van der Waals surface area contributed by atoms with E-state index in [0.717, 1.165) is 11.3 Å². The largest absolute Gasteiger partial charge is 0.380 e. The smallest absolute Gasteiger partial charge is 0.234 e. The van der Waals surface area contributed by atoms with Gasteiger partial charge in [0.2, 0.25) is 11.8 Å². The molecule has 0 aliphatic heterocycles. The van der Waals surface area contributed by atoms with E-state index in [1.165, 1.54) is 36.0 Å². The summed E-state index contributed by atoms with van der Waals surface area (Å²) in [6.07, 6.45) is 0. The molecule has 0 spiro atoms. The first-order valence-electron chi connectivity index (χ1n) is 9.50. The molecule has 31 heavy (non-hydrogen) atoms. The Balaban J connectivity index is 1.41. The Morgan fingerprint density at radius 2 is 1.45 bits per heavy atom. The van der Waals surface area contributed by atoms with Gasteiger partial charge in [0.15, 0.2) is 0 Å². The maximum absolute atomic E-state index is 12.9. The van der Waals surface area contributed by atoms with Crippen molar-refractivity contribution in [1.82, 2.24) is 0 Å². The molecule has 0 saturated heterocycles. The van der Waals surface area contributed by atoms with Crippen LogP contribution in [0.2, 0.25) is 5.02 Å². The predicted octanol–water partition coefficient (Wildman–Crippen LogP) is 5.40. The maximum Gasteiger partial charge on any atom is 0.234 e. The second-order valence-corrected chi connectivity index (χ2v) is 8.02. The van der Waals surface area contributed by atoms with E-state index in [1.807, 2.05) is 36.4 Å². The first-order chi connectivity index (χ1) is 15.0. The summed E-state index contributed by atoms with van der Waals surface area (Å²) in [6, 6.07) is 20.7. The predicted molar refractivity (Wildman–Crippen MR) is 126 cm³/mol. The monoisotopic (exact) mass is 457 g/mol. The van der Waals surface area contributed by atoms with Crippen molar-refractivity contribution in [2.45, 2.75) is 6.54 Å². The average molecular weight is 458 g/mol. The summed E-state index contributed by atoms with van der Waals surface area (Å²) in [6.45, 7) is 0.642. The van der Waals surface area contributed by atoms with Crippen LogP contribution in [0, 0.1) is 5.82 Å². The maximum atomic E-state index is 12.9. The standard InChI is InChI=1S/C23H21ClFN3O2S/c24-20-12-19(10-11-21(20)26-13-16-4-2-1-3-5-16)28-23(30)15-31-14-22(29)27-18-8-6-17(25)7-9-18/h1-12,26H,13-15H2,(H,27,29)(H,28,30). The molecule has 0 fully saturated rings. The number of benzene rings is 3. The second kappa shape index (κ2) is 11.4. The van der Waals surface area contributed by atoms with E-state index >= 15 is 0 Å². The van der Waals surface area contributed by atoms with Crippen LogP contribution in [0.5, 0.6) is 0 Å². The molecule has 0 heterocycles. The van der Waals surface area contributed by atoms with Gasteiger partial charge in [-0.1, -0.05) is 41.9 Å². The van der Waals surface area contributed by atoms with Gasteiger partial charge in [-0.2, -0.15) is 0 Å². The zero-order chi connectivity index (χ0) is 22.1. The highest BCUT2D eigenvalue weighted by Gasteiger charge is 2.08. The van der Waals surface area contributed by atoms with Crippen LogP contribution in [0.15, 0.2) is 72.8 Å². The second-order valence-electron chi connectivity index (χ2n) is 6.63. The van der Waals surface area contributed by atoms with E-state index in [4.69, 9.17) is 11.6 Å². The zero-order valence-corrected chi connectivity index (χ0v) is 18.1. The minimum atomic E-state index is -0.371. The topological polar surface area (TPSA) is 70.2 Å². The van der Waals surface area contributed by atoms with Gasteiger partial charge in [0.1, 0.15) is 5.82 Å². The van der Waals surface area contributed by atoms with E-state index in [9.17, 15) is 14.0 Å². The fourth-order valence-electron chi connectivity index (χ4n) is 2.69. The molecule has 0 saturated carbocycles. The molecule has 0 bridgehead atoms. The molecule has 0 aromatic heterocycles. The number of amides is 2. The number of hydrogen-bond acceptors (Lipinski definition) is 4. The van der Waals surface area contributed by atoms with Crippen LogP contribution in [0.4, 0.5) is 21.5 Å². The van der Waals surface area contributed by atoms with E-state index in [-0.39, 0.29) is 29.1 Å². The molecule has 0 unspecified atom stereocenters. The Morgan fingerprint density at radius 3 is 2.10 bits per heavy atom. The van der Waals surface area contributed by atoms with Gasteiger partial charge in [0, 0.05) is 17.9 Å². The molecule has 0 atom stereocenters. The van der Waals surface area contributed by atoms with Crippen LogP contribution in [-0.2, 0) is 16.1 Å². The molecule has 8 heteroatoms. The van der Waals surface area contributed by atoms with Gasteiger partial charge in [-0.15, -0.1) is 11.8 Å². The Labute approximate surface area is 189 Å². The molecule has 3 aromatic rings. The lowest BCUT2D eigenvalue weighted by molar-refractivity contribution is -0.114. The molecular formula is C23H21ClFN3O2S. The van der Waals surface area contributed by atoms with Gasteiger partial charge < -0.3 is 16.0 Å². The Hall–Kier alpha value is -3.03. The molecule has 0 radical (unpaired) electrons. The molecule has 3 aromatic carbocycles. The molecule has 0 aliphatic carbocycles. The first kappa shape index (κ1) is 22.7. The quantitative estimate of drug-likeness (QED) is 0.402. The van der Waals surface area contributed by atoms with Gasteiger partial charge in [-0.25, -0.2) is 4.39 Å². The molecule has 160 valence electrons. The van der Waals surface area contributed by atoms with E-state index in [1.54, 1.807) is 12.1 Å². The fourth-order valence-corrected chi connectivity index (χ4v) is 3.56. The average Bonchev–Trinajstić information content (AvgIpc) is 2.75. The van der Waals surface area contributed by atoms with Gasteiger partial charge in [0.05, 0.1) is 22.2 Å². The number of anilines is 3. The number of carbonyl (C=O) groups is 2. The summed E-state index contributed by atoms with van der Waals surface area (Å²) < 4.78 is 12.9. The van der Waals surface area contributed by atoms with E-state index < -0.39 is 0 Å². The van der Waals surface area contributed by atoms with Gasteiger partial charge >= 0.3 is 0 Å². The van der Waals surface area contributed by atoms with Crippen LogP contribution in [0.1, 0.15) is 5.56 Å².